The second kappa shape index (κ2) is 7.71. The topological polar surface area (TPSA) is 58.6 Å². The lowest BCUT2D eigenvalue weighted by atomic mass is 10.2. The van der Waals surface area contributed by atoms with E-state index >= 15 is 0 Å². The van der Waals surface area contributed by atoms with Crippen LogP contribution < -0.4 is 10.1 Å². The first kappa shape index (κ1) is 14.5. The molecule has 1 amide bonds. The zero-order valence-electron chi connectivity index (χ0n) is 11.0. The number of carbonyl (C=O) groups is 1. The molecule has 0 aliphatic carbocycles. The molecular weight excluding hydrogens is 230 g/mol. The molecular formula is C14H21NO3. The van der Waals surface area contributed by atoms with Crippen LogP contribution in [-0.4, -0.2) is 23.7 Å². The van der Waals surface area contributed by atoms with Gasteiger partial charge in [0.1, 0.15) is 5.75 Å². The van der Waals surface area contributed by atoms with Crippen LogP contribution >= 0.6 is 0 Å². The molecule has 18 heavy (non-hydrogen) atoms. The van der Waals surface area contributed by atoms with Crippen LogP contribution in [0.5, 0.6) is 5.75 Å². The van der Waals surface area contributed by atoms with E-state index in [1.807, 2.05) is 12.1 Å². The van der Waals surface area contributed by atoms with Crippen molar-refractivity contribution in [1.82, 2.24) is 5.32 Å². The Balaban J connectivity index is 2.52. The molecule has 0 aliphatic heterocycles. The summed E-state index contributed by atoms with van der Waals surface area (Å²) in [6.07, 6.45) is 1.45. The standard InChI is InChI=1S/C14H21NO3/c1-3-4-9-15-14(17)11(2)18-13-8-6-5-7-12(13)10-16/h5-8,11,16H,3-4,9-10H2,1-2H3,(H,15,17). The number of hydrogen-bond acceptors (Lipinski definition) is 3. The molecule has 1 aromatic carbocycles. The SMILES string of the molecule is CCCCNC(=O)C(C)Oc1ccccc1CO. The summed E-state index contributed by atoms with van der Waals surface area (Å²) in [4.78, 5) is 11.7. The number of carbonyl (C=O) groups excluding carboxylic acids is 1. The summed E-state index contributed by atoms with van der Waals surface area (Å²) in [6.45, 7) is 4.35. The molecule has 1 atom stereocenters. The van der Waals surface area contributed by atoms with Crippen molar-refractivity contribution < 1.29 is 14.6 Å². The van der Waals surface area contributed by atoms with Crippen LogP contribution in [-0.2, 0) is 11.4 Å². The monoisotopic (exact) mass is 251 g/mol. The molecule has 4 heteroatoms. The third kappa shape index (κ3) is 4.37. The lowest BCUT2D eigenvalue weighted by Gasteiger charge is -2.16. The number of benzene rings is 1. The molecule has 1 aromatic rings. The molecule has 0 fully saturated rings. The molecule has 0 spiro atoms. The highest BCUT2D eigenvalue weighted by molar-refractivity contribution is 5.80. The van der Waals surface area contributed by atoms with Crippen molar-refractivity contribution in [3.63, 3.8) is 0 Å². The van der Waals surface area contributed by atoms with Crippen LogP contribution in [0.15, 0.2) is 24.3 Å². The highest BCUT2D eigenvalue weighted by Crippen LogP contribution is 2.19. The van der Waals surface area contributed by atoms with Gasteiger partial charge < -0.3 is 15.2 Å². The lowest BCUT2D eigenvalue weighted by molar-refractivity contribution is -0.127. The van der Waals surface area contributed by atoms with Gasteiger partial charge in [-0.25, -0.2) is 0 Å². The van der Waals surface area contributed by atoms with Gasteiger partial charge >= 0.3 is 0 Å². The zero-order valence-corrected chi connectivity index (χ0v) is 11.0. The highest BCUT2D eigenvalue weighted by Gasteiger charge is 2.15. The van der Waals surface area contributed by atoms with Crippen molar-refractivity contribution in [2.45, 2.75) is 39.4 Å². The van der Waals surface area contributed by atoms with Gasteiger partial charge in [0.05, 0.1) is 6.61 Å². The Morgan fingerprint density at radius 3 is 2.83 bits per heavy atom. The Kier molecular flexibility index (Phi) is 6.22. The molecule has 0 aliphatic rings. The van der Waals surface area contributed by atoms with Crippen molar-refractivity contribution in [3.8, 4) is 5.75 Å². The fourth-order valence-corrected chi connectivity index (χ4v) is 1.53. The van der Waals surface area contributed by atoms with Gasteiger partial charge in [0, 0.05) is 12.1 Å². The lowest BCUT2D eigenvalue weighted by Crippen LogP contribution is -2.36. The van der Waals surface area contributed by atoms with Crippen LogP contribution in [0.1, 0.15) is 32.3 Å². The van der Waals surface area contributed by atoms with E-state index in [4.69, 9.17) is 9.84 Å². The first-order chi connectivity index (χ1) is 8.69. The normalized spacial score (nSPS) is 11.9. The fourth-order valence-electron chi connectivity index (χ4n) is 1.53. The van der Waals surface area contributed by atoms with Gasteiger partial charge in [0.25, 0.3) is 5.91 Å². The maximum atomic E-state index is 11.7. The Labute approximate surface area is 108 Å². The van der Waals surface area contributed by atoms with Gasteiger partial charge in [0.15, 0.2) is 6.10 Å². The first-order valence-corrected chi connectivity index (χ1v) is 6.32. The Bertz CT molecular complexity index is 379. The quantitative estimate of drug-likeness (QED) is 0.727. The predicted octanol–water partition coefficient (Wildman–Crippen LogP) is 1.86. The molecule has 100 valence electrons. The van der Waals surface area contributed by atoms with Crippen LogP contribution in [0, 0.1) is 0 Å². The minimum absolute atomic E-state index is 0.0969. The first-order valence-electron chi connectivity index (χ1n) is 6.32. The Hall–Kier alpha value is -1.55. The van der Waals surface area contributed by atoms with Crippen molar-refractivity contribution in [2.75, 3.05) is 6.54 Å². The molecule has 0 bridgehead atoms. The van der Waals surface area contributed by atoms with Crippen molar-refractivity contribution >= 4 is 5.91 Å². The van der Waals surface area contributed by atoms with E-state index in [1.165, 1.54) is 0 Å². The number of aliphatic hydroxyl groups is 1. The van der Waals surface area contributed by atoms with Gasteiger partial charge in [-0.2, -0.15) is 0 Å². The average molecular weight is 251 g/mol. The second-order valence-corrected chi connectivity index (χ2v) is 4.17. The summed E-state index contributed by atoms with van der Waals surface area (Å²) in [6, 6.07) is 7.17. The average Bonchev–Trinajstić information content (AvgIpc) is 2.39. The van der Waals surface area contributed by atoms with Crippen LogP contribution in [0.25, 0.3) is 0 Å². The van der Waals surface area contributed by atoms with E-state index in [-0.39, 0.29) is 12.5 Å². The van der Waals surface area contributed by atoms with Crippen molar-refractivity contribution in [1.29, 1.82) is 0 Å². The molecule has 4 nitrogen and oxygen atoms in total. The van der Waals surface area contributed by atoms with Gasteiger partial charge in [-0.05, 0) is 19.4 Å². The summed E-state index contributed by atoms with van der Waals surface area (Å²) in [5.74, 6) is 0.425. The van der Waals surface area contributed by atoms with Gasteiger partial charge in [-0.3, -0.25) is 4.79 Å². The molecule has 2 N–H and O–H groups in total. The third-order valence-electron chi connectivity index (χ3n) is 2.65. The second-order valence-electron chi connectivity index (χ2n) is 4.17. The van der Waals surface area contributed by atoms with E-state index in [0.29, 0.717) is 17.9 Å². The summed E-state index contributed by atoms with van der Waals surface area (Å²) in [5.41, 5.74) is 0.686. The third-order valence-corrected chi connectivity index (χ3v) is 2.65. The van der Waals surface area contributed by atoms with E-state index < -0.39 is 6.10 Å². The minimum atomic E-state index is -0.561. The smallest absolute Gasteiger partial charge is 0.260 e. The van der Waals surface area contributed by atoms with Crippen molar-refractivity contribution in [3.05, 3.63) is 29.8 Å². The summed E-state index contributed by atoms with van der Waals surface area (Å²) in [7, 11) is 0. The number of hydrogen-bond donors (Lipinski definition) is 2. The van der Waals surface area contributed by atoms with Crippen LogP contribution in [0.2, 0.25) is 0 Å². The molecule has 0 heterocycles. The van der Waals surface area contributed by atoms with Crippen LogP contribution in [0.4, 0.5) is 0 Å². The summed E-state index contributed by atoms with van der Waals surface area (Å²) in [5, 5.41) is 12.0. The van der Waals surface area contributed by atoms with E-state index in [0.717, 1.165) is 12.8 Å². The van der Waals surface area contributed by atoms with Gasteiger partial charge in [0.2, 0.25) is 0 Å². The molecule has 1 unspecified atom stereocenters. The maximum absolute atomic E-state index is 11.7. The number of nitrogens with one attached hydrogen (secondary N) is 1. The maximum Gasteiger partial charge on any atom is 0.260 e. The number of unbranched alkanes of at least 4 members (excludes halogenated alkanes) is 1. The number of para-hydroxylation sites is 1. The molecule has 0 aromatic heterocycles. The number of ether oxygens (including phenoxy) is 1. The number of aliphatic hydroxyl groups excluding tert-OH is 1. The van der Waals surface area contributed by atoms with Gasteiger partial charge in [-0.15, -0.1) is 0 Å². The van der Waals surface area contributed by atoms with Crippen molar-refractivity contribution in [2.24, 2.45) is 0 Å². The van der Waals surface area contributed by atoms with E-state index in [1.54, 1.807) is 19.1 Å². The molecule has 0 saturated carbocycles. The number of amides is 1. The predicted molar refractivity (Wildman–Crippen MR) is 70.4 cm³/mol. The zero-order chi connectivity index (χ0) is 13.4. The highest BCUT2D eigenvalue weighted by atomic mass is 16.5. The molecule has 1 rings (SSSR count). The minimum Gasteiger partial charge on any atom is -0.481 e. The summed E-state index contributed by atoms with van der Waals surface area (Å²) < 4.78 is 5.56. The van der Waals surface area contributed by atoms with Crippen LogP contribution in [0.3, 0.4) is 0 Å². The van der Waals surface area contributed by atoms with E-state index in [9.17, 15) is 4.79 Å². The number of rotatable bonds is 7. The summed E-state index contributed by atoms with van der Waals surface area (Å²) >= 11 is 0. The molecule has 0 radical (unpaired) electrons. The Morgan fingerprint density at radius 1 is 1.44 bits per heavy atom. The largest absolute Gasteiger partial charge is 0.481 e. The molecule has 0 saturated heterocycles. The fraction of sp³-hybridized carbons (Fsp3) is 0.500. The van der Waals surface area contributed by atoms with E-state index in [2.05, 4.69) is 12.2 Å². The Morgan fingerprint density at radius 2 is 2.17 bits per heavy atom. The van der Waals surface area contributed by atoms with Gasteiger partial charge in [-0.1, -0.05) is 31.5 Å².